The Balaban J connectivity index is 1.79. The number of para-hydroxylation sites is 1. The summed E-state index contributed by atoms with van der Waals surface area (Å²) in [6, 6.07) is 12.9. The van der Waals surface area contributed by atoms with Crippen molar-refractivity contribution >= 4 is 28.9 Å². The number of nitrogens with one attached hydrogen (secondary N) is 1. The maximum atomic E-state index is 12.4. The number of furan rings is 1. The Morgan fingerprint density at radius 1 is 1.25 bits per heavy atom. The van der Waals surface area contributed by atoms with Crippen molar-refractivity contribution in [3.8, 4) is 0 Å². The van der Waals surface area contributed by atoms with E-state index in [4.69, 9.17) is 4.42 Å². The number of carbonyl (C=O) groups is 1. The predicted octanol–water partition coefficient (Wildman–Crippen LogP) is 2.97. The summed E-state index contributed by atoms with van der Waals surface area (Å²) in [6.07, 6.45) is 1.47. The van der Waals surface area contributed by atoms with E-state index in [9.17, 15) is 4.79 Å². The van der Waals surface area contributed by atoms with Crippen molar-refractivity contribution < 1.29 is 9.21 Å². The number of carbonyl (C=O) groups excluding carboxylic acids is 1. The van der Waals surface area contributed by atoms with E-state index in [1.165, 1.54) is 6.21 Å². The minimum atomic E-state index is -0.285. The molecule has 6 nitrogen and oxygen atoms in total. The zero-order valence-corrected chi connectivity index (χ0v) is 13.8. The Hall–Kier alpha value is -3.15. The summed E-state index contributed by atoms with van der Waals surface area (Å²) in [5.74, 6) is 1.00. The molecule has 24 heavy (non-hydrogen) atoms. The van der Waals surface area contributed by atoms with Gasteiger partial charge in [-0.25, -0.2) is 5.43 Å². The molecule has 0 radical (unpaired) electrons. The van der Waals surface area contributed by atoms with Crippen LogP contribution in [0.5, 0.6) is 0 Å². The number of aryl methyl sites for hydroxylation is 1. The summed E-state index contributed by atoms with van der Waals surface area (Å²) in [7, 11) is 3.77. The SMILES string of the molecule is Cc1cc(C(=O)N/N=C\c2ccc(N(C)C)o2)c2ccccc2n1. The van der Waals surface area contributed by atoms with Crippen LogP contribution in [0.2, 0.25) is 0 Å². The van der Waals surface area contributed by atoms with E-state index in [1.807, 2.05) is 56.3 Å². The highest BCUT2D eigenvalue weighted by Gasteiger charge is 2.11. The van der Waals surface area contributed by atoms with Crippen LogP contribution in [-0.4, -0.2) is 31.2 Å². The van der Waals surface area contributed by atoms with Crippen molar-refractivity contribution in [1.29, 1.82) is 0 Å². The number of benzene rings is 1. The van der Waals surface area contributed by atoms with Crippen molar-refractivity contribution in [3.05, 3.63) is 59.5 Å². The summed E-state index contributed by atoms with van der Waals surface area (Å²) >= 11 is 0. The summed E-state index contributed by atoms with van der Waals surface area (Å²) in [5, 5.41) is 4.76. The third-order valence-electron chi connectivity index (χ3n) is 3.50. The maximum Gasteiger partial charge on any atom is 0.272 e. The Morgan fingerprint density at radius 3 is 2.79 bits per heavy atom. The topological polar surface area (TPSA) is 70.7 Å². The average molecular weight is 322 g/mol. The van der Waals surface area contributed by atoms with E-state index in [-0.39, 0.29) is 5.91 Å². The van der Waals surface area contributed by atoms with Gasteiger partial charge in [-0.15, -0.1) is 0 Å². The van der Waals surface area contributed by atoms with E-state index in [0.717, 1.165) is 22.5 Å². The fourth-order valence-electron chi connectivity index (χ4n) is 2.36. The molecule has 3 rings (SSSR count). The minimum Gasteiger partial charge on any atom is -0.440 e. The number of nitrogens with zero attached hydrogens (tertiary/aromatic N) is 3. The van der Waals surface area contributed by atoms with Crippen molar-refractivity contribution in [2.75, 3.05) is 19.0 Å². The molecule has 0 atom stereocenters. The van der Waals surface area contributed by atoms with Gasteiger partial charge in [-0.2, -0.15) is 5.10 Å². The largest absolute Gasteiger partial charge is 0.440 e. The number of rotatable bonds is 4. The fraction of sp³-hybridized carbons (Fsp3) is 0.167. The number of hydrogen-bond acceptors (Lipinski definition) is 5. The Bertz CT molecular complexity index is 912. The first-order chi connectivity index (χ1) is 11.5. The summed E-state index contributed by atoms with van der Waals surface area (Å²) in [4.78, 5) is 18.7. The van der Waals surface area contributed by atoms with Gasteiger partial charge in [0, 0.05) is 31.2 Å². The smallest absolute Gasteiger partial charge is 0.272 e. The minimum absolute atomic E-state index is 0.285. The molecule has 0 bridgehead atoms. The summed E-state index contributed by atoms with van der Waals surface area (Å²) in [5.41, 5.74) is 4.65. The molecule has 0 saturated carbocycles. The molecule has 0 unspecified atom stereocenters. The highest BCUT2D eigenvalue weighted by atomic mass is 16.4. The molecule has 0 aliphatic carbocycles. The van der Waals surface area contributed by atoms with E-state index < -0.39 is 0 Å². The zero-order chi connectivity index (χ0) is 17.1. The third kappa shape index (κ3) is 3.27. The normalized spacial score (nSPS) is 11.1. The molecule has 0 aliphatic heterocycles. The number of hydrazone groups is 1. The number of hydrogen-bond donors (Lipinski definition) is 1. The second-order valence-electron chi connectivity index (χ2n) is 5.60. The monoisotopic (exact) mass is 322 g/mol. The van der Waals surface area contributed by atoms with Gasteiger partial charge in [-0.05, 0) is 25.1 Å². The Morgan fingerprint density at radius 2 is 2.04 bits per heavy atom. The lowest BCUT2D eigenvalue weighted by molar-refractivity contribution is 0.0956. The summed E-state index contributed by atoms with van der Waals surface area (Å²) in [6.45, 7) is 1.86. The second-order valence-corrected chi connectivity index (χ2v) is 5.60. The van der Waals surface area contributed by atoms with Crippen molar-refractivity contribution in [2.24, 2.45) is 5.10 Å². The highest BCUT2D eigenvalue weighted by Crippen LogP contribution is 2.18. The number of fused-ring (bicyclic) bond motifs is 1. The van der Waals surface area contributed by atoms with Crippen LogP contribution in [0.25, 0.3) is 10.9 Å². The first-order valence-corrected chi connectivity index (χ1v) is 7.51. The molecular formula is C18H18N4O2. The van der Waals surface area contributed by atoms with Crippen molar-refractivity contribution in [1.82, 2.24) is 10.4 Å². The second kappa shape index (κ2) is 6.54. The van der Waals surface area contributed by atoms with Crippen LogP contribution >= 0.6 is 0 Å². The van der Waals surface area contributed by atoms with E-state index in [0.29, 0.717) is 11.3 Å². The molecule has 0 fully saturated rings. The number of anilines is 1. The van der Waals surface area contributed by atoms with Crippen molar-refractivity contribution in [3.63, 3.8) is 0 Å². The standard InChI is InChI=1S/C18H18N4O2/c1-12-10-15(14-6-4-5-7-16(14)20-12)18(23)21-19-11-13-8-9-17(24-13)22(2)3/h4-11H,1-3H3,(H,21,23)/b19-11-. The molecule has 3 aromatic rings. The lowest BCUT2D eigenvalue weighted by atomic mass is 10.1. The average Bonchev–Trinajstić information content (AvgIpc) is 3.03. The number of pyridine rings is 1. The number of amides is 1. The van der Waals surface area contributed by atoms with Gasteiger partial charge in [0.1, 0.15) is 5.76 Å². The molecule has 122 valence electrons. The van der Waals surface area contributed by atoms with Gasteiger partial charge in [0.05, 0.1) is 17.3 Å². The van der Waals surface area contributed by atoms with Crippen LogP contribution in [0.15, 0.2) is 52.0 Å². The predicted molar refractivity (Wildman–Crippen MR) is 94.6 cm³/mol. The van der Waals surface area contributed by atoms with Crippen LogP contribution in [-0.2, 0) is 0 Å². The molecule has 2 heterocycles. The first kappa shape index (κ1) is 15.7. The quantitative estimate of drug-likeness (QED) is 0.592. The van der Waals surface area contributed by atoms with E-state index in [1.54, 1.807) is 12.1 Å². The molecular weight excluding hydrogens is 304 g/mol. The van der Waals surface area contributed by atoms with Crippen LogP contribution in [0.3, 0.4) is 0 Å². The molecule has 0 aliphatic rings. The lowest BCUT2D eigenvalue weighted by Gasteiger charge is -2.06. The molecule has 1 amide bonds. The first-order valence-electron chi connectivity index (χ1n) is 7.51. The van der Waals surface area contributed by atoms with Gasteiger partial charge in [-0.3, -0.25) is 9.78 Å². The Labute approximate surface area is 139 Å². The number of aromatic nitrogens is 1. The lowest BCUT2D eigenvalue weighted by Crippen LogP contribution is -2.18. The van der Waals surface area contributed by atoms with E-state index >= 15 is 0 Å². The van der Waals surface area contributed by atoms with E-state index in [2.05, 4.69) is 15.5 Å². The fourth-order valence-corrected chi connectivity index (χ4v) is 2.36. The van der Waals surface area contributed by atoms with Gasteiger partial charge in [-0.1, -0.05) is 18.2 Å². The van der Waals surface area contributed by atoms with Gasteiger partial charge in [0.2, 0.25) is 0 Å². The third-order valence-corrected chi connectivity index (χ3v) is 3.50. The van der Waals surface area contributed by atoms with Crippen LogP contribution < -0.4 is 10.3 Å². The molecule has 0 spiro atoms. The van der Waals surface area contributed by atoms with Gasteiger partial charge in [0.25, 0.3) is 5.91 Å². The van der Waals surface area contributed by atoms with Crippen LogP contribution in [0, 0.1) is 6.92 Å². The molecule has 6 heteroatoms. The van der Waals surface area contributed by atoms with Crippen LogP contribution in [0.1, 0.15) is 21.8 Å². The molecule has 2 aromatic heterocycles. The summed E-state index contributed by atoms with van der Waals surface area (Å²) < 4.78 is 5.54. The Kier molecular flexibility index (Phi) is 4.29. The molecule has 1 N–H and O–H groups in total. The van der Waals surface area contributed by atoms with Crippen molar-refractivity contribution in [2.45, 2.75) is 6.92 Å². The molecule has 1 aromatic carbocycles. The van der Waals surface area contributed by atoms with Gasteiger partial charge in [0.15, 0.2) is 5.88 Å². The highest BCUT2D eigenvalue weighted by molar-refractivity contribution is 6.06. The maximum absolute atomic E-state index is 12.4. The van der Waals surface area contributed by atoms with Gasteiger partial charge >= 0.3 is 0 Å². The zero-order valence-electron chi connectivity index (χ0n) is 13.8. The van der Waals surface area contributed by atoms with Gasteiger partial charge < -0.3 is 9.32 Å². The van der Waals surface area contributed by atoms with Crippen LogP contribution in [0.4, 0.5) is 5.88 Å². The molecule has 0 saturated heterocycles.